The van der Waals surface area contributed by atoms with E-state index in [1.165, 1.54) is 6.42 Å². The smallest absolute Gasteiger partial charge is 0.254 e. The SMILES string of the molecule is CN(C)C(=O)C1CCC(Oc2ccc(C(=O)N3CC4(C)CC(C)(C)CC34)cc2)CC1. The predicted octanol–water partition coefficient (Wildman–Crippen LogP) is 4.36. The van der Waals surface area contributed by atoms with Crippen LogP contribution in [0, 0.1) is 16.7 Å². The molecule has 1 saturated heterocycles. The summed E-state index contributed by atoms with van der Waals surface area (Å²) < 4.78 is 6.14. The van der Waals surface area contributed by atoms with Crippen LogP contribution in [0.25, 0.3) is 0 Å². The van der Waals surface area contributed by atoms with Crippen LogP contribution in [0.4, 0.5) is 0 Å². The van der Waals surface area contributed by atoms with Gasteiger partial charge in [0.15, 0.2) is 0 Å². The second kappa shape index (κ2) is 7.58. The molecule has 2 amide bonds. The lowest BCUT2D eigenvalue weighted by molar-refractivity contribution is -0.134. The van der Waals surface area contributed by atoms with Crippen molar-refractivity contribution in [3.05, 3.63) is 29.8 Å². The minimum Gasteiger partial charge on any atom is -0.490 e. The molecule has 1 aromatic rings. The third kappa shape index (κ3) is 3.95. The number of carbonyl (C=O) groups is 2. The summed E-state index contributed by atoms with van der Waals surface area (Å²) in [6.07, 6.45) is 5.99. The van der Waals surface area contributed by atoms with Gasteiger partial charge in [-0.2, -0.15) is 0 Å². The number of hydrogen-bond donors (Lipinski definition) is 0. The van der Waals surface area contributed by atoms with Gasteiger partial charge in [0.2, 0.25) is 5.91 Å². The van der Waals surface area contributed by atoms with Crippen molar-refractivity contribution in [1.29, 1.82) is 0 Å². The van der Waals surface area contributed by atoms with Crippen molar-refractivity contribution in [3.8, 4) is 5.75 Å². The van der Waals surface area contributed by atoms with Gasteiger partial charge in [0.05, 0.1) is 6.10 Å². The van der Waals surface area contributed by atoms with Crippen molar-refractivity contribution in [2.75, 3.05) is 20.6 Å². The summed E-state index contributed by atoms with van der Waals surface area (Å²) >= 11 is 0. The summed E-state index contributed by atoms with van der Waals surface area (Å²) in [6, 6.07) is 8.00. The Kier molecular flexibility index (Phi) is 5.36. The summed E-state index contributed by atoms with van der Waals surface area (Å²) in [5.74, 6) is 1.31. The first kappa shape index (κ1) is 21.2. The lowest BCUT2D eigenvalue weighted by Gasteiger charge is -2.52. The van der Waals surface area contributed by atoms with Crippen molar-refractivity contribution >= 4 is 11.8 Å². The number of hydrogen-bond acceptors (Lipinski definition) is 3. The van der Waals surface area contributed by atoms with Crippen molar-refractivity contribution in [2.24, 2.45) is 16.7 Å². The van der Waals surface area contributed by atoms with Crippen molar-refractivity contribution < 1.29 is 14.3 Å². The molecule has 3 fully saturated rings. The molecule has 3 aliphatic rings. The molecule has 2 atom stereocenters. The van der Waals surface area contributed by atoms with Gasteiger partial charge >= 0.3 is 0 Å². The topological polar surface area (TPSA) is 49.9 Å². The van der Waals surface area contributed by atoms with Crippen LogP contribution >= 0.6 is 0 Å². The number of fused-ring (bicyclic) bond motifs is 1. The van der Waals surface area contributed by atoms with Gasteiger partial charge in [0.1, 0.15) is 5.75 Å². The van der Waals surface area contributed by atoms with Gasteiger partial charge in [0, 0.05) is 43.6 Å². The van der Waals surface area contributed by atoms with Crippen molar-refractivity contribution in [2.45, 2.75) is 71.4 Å². The first-order chi connectivity index (χ1) is 14.1. The summed E-state index contributed by atoms with van der Waals surface area (Å²) in [4.78, 5) is 28.9. The van der Waals surface area contributed by atoms with E-state index in [0.717, 1.165) is 50.0 Å². The van der Waals surface area contributed by atoms with Crippen molar-refractivity contribution in [1.82, 2.24) is 9.80 Å². The molecule has 0 radical (unpaired) electrons. The zero-order chi connectivity index (χ0) is 21.7. The van der Waals surface area contributed by atoms with E-state index >= 15 is 0 Å². The zero-order valence-electron chi connectivity index (χ0n) is 19.1. The van der Waals surface area contributed by atoms with Gasteiger partial charge in [-0.15, -0.1) is 0 Å². The first-order valence-electron chi connectivity index (χ1n) is 11.4. The second-order valence-corrected chi connectivity index (χ2v) is 11.0. The Morgan fingerprint density at radius 3 is 2.23 bits per heavy atom. The minimum absolute atomic E-state index is 0.127. The Morgan fingerprint density at radius 2 is 1.67 bits per heavy atom. The third-order valence-corrected chi connectivity index (χ3v) is 7.47. The lowest BCUT2D eigenvalue weighted by Crippen LogP contribution is -2.62. The summed E-state index contributed by atoms with van der Waals surface area (Å²) in [7, 11) is 3.64. The molecule has 0 aromatic heterocycles. The Labute approximate surface area is 180 Å². The standard InChI is InChI=1S/C25H36N2O3/c1-24(2)14-21-25(3,15-24)16-27(21)23(29)18-8-12-20(13-9-18)30-19-10-6-17(7-11-19)22(28)26(4)5/h8-9,12-13,17,19,21H,6-7,10-11,14-16H2,1-5H3. The fraction of sp³-hybridized carbons (Fsp3) is 0.680. The number of nitrogens with zero attached hydrogens (tertiary/aromatic N) is 2. The summed E-state index contributed by atoms with van der Waals surface area (Å²) in [5, 5.41) is 0. The van der Waals surface area contributed by atoms with Crippen LogP contribution in [0.2, 0.25) is 0 Å². The number of likely N-dealkylation sites (tertiary alicyclic amines) is 1. The van der Waals surface area contributed by atoms with Crippen LogP contribution in [0.5, 0.6) is 5.75 Å². The van der Waals surface area contributed by atoms with E-state index in [0.29, 0.717) is 11.5 Å². The molecule has 1 aromatic carbocycles. The number of benzene rings is 1. The molecule has 5 nitrogen and oxygen atoms in total. The molecule has 1 aliphatic heterocycles. The number of ether oxygens (including phenoxy) is 1. The molecule has 5 heteroatoms. The Hall–Kier alpha value is -2.04. The van der Waals surface area contributed by atoms with Gasteiger partial charge < -0.3 is 14.5 Å². The van der Waals surface area contributed by atoms with E-state index in [9.17, 15) is 9.59 Å². The van der Waals surface area contributed by atoms with E-state index in [1.807, 2.05) is 38.4 Å². The third-order valence-electron chi connectivity index (χ3n) is 7.47. The fourth-order valence-electron chi connectivity index (χ4n) is 6.13. The van der Waals surface area contributed by atoms with Crippen LogP contribution in [-0.4, -0.2) is 54.4 Å². The molecule has 1 heterocycles. The second-order valence-electron chi connectivity index (χ2n) is 11.0. The molecule has 0 N–H and O–H groups in total. The number of rotatable bonds is 4. The molecule has 0 bridgehead atoms. The fourth-order valence-corrected chi connectivity index (χ4v) is 6.13. The molecular formula is C25H36N2O3. The van der Waals surface area contributed by atoms with E-state index < -0.39 is 0 Å². The van der Waals surface area contributed by atoms with Crippen LogP contribution in [-0.2, 0) is 4.79 Å². The quantitative estimate of drug-likeness (QED) is 0.738. The van der Waals surface area contributed by atoms with Crippen LogP contribution < -0.4 is 4.74 Å². The van der Waals surface area contributed by atoms with Gasteiger partial charge in [-0.3, -0.25) is 9.59 Å². The maximum atomic E-state index is 13.0. The van der Waals surface area contributed by atoms with E-state index in [2.05, 4.69) is 25.7 Å². The Bertz CT molecular complexity index is 808. The predicted molar refractivity (Wildman–Crippen MR) is 117 cm³/mol. The molecule has 2 unspecified atom stereocenters. The summed E-state index contributed by atoms with van der Waals surface area (Å²) in [5.41, 5.74) is 1.35. The molecule has 0 spiro atoms. The summed E-state index contributed by atoms with van der Waals surface area (Å²) in [6.45, 7) is 7.82. The molecule has 2 aliphatic carbocycles. The van der Waals surface area contributed by atoms with E-state index in [-0.39, 0.29) is 29.3 Å². The van der Waals surface area contributed by atoms with E-state index in [1.54, 1.807) is 4.90 Å². The largest absolute Gasteiger partial charge is 0.490 e. The maximum Gasteiger partial charge on any atom is 0.254 e. The first-order valence-corrected chi connectivity index (χ1v) is 11.4. The van der Waals surface area contributed by atoms with Crippen LogP contribution in [0.1, 0.15) is 69.7 Å². The average molecular weight is 413 g/mol. The molecule has 164 valence electrons. The van der Waals surface area contributed by atoms with Crippen LogP contribution in [0.15, 0.2) is 24.3 Å². The lowest BCUT2D eigenvalue weighted by atomic mass is 9.74. The average Bonchev–Trinajstić information content (AvgIpc) is 2.88. The minimum atomic E-state index is 0.127. The highest BCUT2D eigenvalue weighted by Gasteiger charge is 2.59. The van der Waals surface area contributed by atoms with Gasteiger partial charge in [-0.25, -0.2) is 0 Å². The van der Waals surface area contributed by atoms with Gasteiger partial charge in [-0.05, 0) is 68.2 Å². The molecule has 2 saturated carbocycles. The van der Waals surface area contributed by atoms with Crippen molar-refractivity contribution in [3.63, 3.8) is 0 Å². The highest BCUT2D eigenvalue weighted by atomic mass is 16.5. The number of carbonyl (C=O) groups excluding carboxylic acids is 2. The Morgan fingerprint density at radius 1 is 1.03 bits per heavy atom. The molecular weight excluding hydrogens is 376 g/mol. The van der Waals surface area contributed by atoms with Gasteiger partial charge in [-0.1, -0.05) is 20.8 Å². The normalized spacial score (nSPS) is 32.2. The van der Waals surface area contributed by atoms with Crippen LogP contribution in [0.3, 0.4) is 0 Å². The maximum absolute atomic E-state index is 13.0. The molecule has 4 rings (SSSR count). The monoisotopic (exact) mass is 412 g/mol. The highest BCUT2D eigenvalue weighted by molar-refractivity contribution is 5.95. The van der Waals surface area contributed by atoms with E-state index in [4.69, 9.17) is 4.74 Å². The Balaban J connectivity index is 1.31. The zero-order valence-corrected chi connectivity index (χ0v) is 19.1. The number of amides is 2. The highest BCUT2D eigenvalue weighted by Crippen LogP contribution is 2.57. The van der Waals surface area contributed by atoms with Gasteiger partial charge in [0.25, 0.3) is 5.91 Å². The molecule has 30 heavy (non-hydrogen) atoms.